The van der Waals surface area contributed by atoms with Gasteiger partial charge in [-0.05, 0) is 30.9 Å². The molecular formula is C14H16N2O2S. The van der Waals surface area contributed by atoms with Gasteiger partial charge in [0.2, 0.25) is 0 Å². The molecule has 1 amide bonds. The summed E-state index contributed by atoms with van der Waals surface area (Å²) in [5.74, 6) is 0.506. The smallest absolute Gasteiger partial charge is 0.276 e. The van der Waals surface area contributed by atoms with Crippen molar-refractivity contribution in [2.24, 2.45) is 0 Å². The van der Waals surface area contributed by atoms with Crippen molar-refractivity contribution in [1.29, 1.82) is 0 Å². The molecule has 2 rings (SSSR count). The summed E-state index contributed by atoms with van der Waals surface area (Å²) in [5.41, 5.74) is 1.44. The Labute approximate surface area is 116 Å². The first-order chi connectivity index (χ1) is 9.10. The van der Waals surface area contributed by atoms with Crippen molar-refractivity contribution < 1.29 is 9.32 Å². The first kappa shape index (κ1) is 13.7. The van der Waals surface area contributed by atoms with Crippen molar-refractivity contribution in [3.05, 3.63) is 47.3 Å². The zero-order valence-corrected chi connectivity index (χ0v) is 12.0. The quantitative estimate of drug-likeness (QED) is 0.805. The number of rotatable bonds is 4. The van der Waals surface area contributed by atoms with Crippen LogP contribution >= 0.6 is 11.8 Å². The van der Waals surface area contributed by atoms with Crippen molar-refractivity contribution >= 4 is 17.7 Å². The summed E-state index contributed by atoms with van der Waals surface area (Å²) in [7, 11) is 1.76. The van der Waals surface area contributed by atoms with Gasteiger partial charge < -0.3 is 9.42 Å². The molecule has 1 aromatic carbocycles. The van der Waals surface area contributed by atoms with Crippen LogP contribution < -0.4 is 0 Å². The van der Waals surface area contributed by atoms with Crippen molar-refractivity contribution in [3.63, 3.8) is 0 Å². The van der Waals surface area contributed by atoms with E-state index in [0.29, 0.717) is 18.0 Å². The minimum absolute atomic E-state index is 0.134. The summed E-state index contributed by atoms with van der Waals surface area (Å²) < 4.78 is 4.92. The molecule has 19 heavy (non-hydrogen) atoms. The maximum Gasteiger partial charge on any atom is 0.276 e. The Balaban J connectivity index is 2.03. The Bertz CT molecular complexity index is 563. The zero-order chi connectivity index (χ0) is 13.8. The molecule has 2 aromatic rings. The van der Waals surface area contributed by atoms with Gasteiger partial charge in [0.05, 0.1) is 0 Å². The van der Waals surface area contributed by atoms with Gasteiger partial charge in [0, 0.05) is 24.6 Å². The average Bonchev–Trinajstić information content (AvgIpc) is 2.85. The number of thioether (sulfide) groups is 1. The third-order valence-corrected chi connectivity index (χ3v) is 3.52. The molecule has 0 aliphatic heterocycles. The molecule has 0 saturated carbocycles. The highest BCUT2D eigenvalue weighted by molar-refractivity contribution is 7.98. The van der Waals surface area contributed by atoms with Crippen LogP contribution in [0.3, 0.4) is 0 Å². The van der Waals surface area contributed by atoms with Gasteiger partial charge in [-0.1, -0.05) is 17.3 Å². The lowest BCUT2D eigenvalue weighted by Crippen LogP contribution is -2.26. The minimum atomic E-state index is -0.134. The van der Waals surface area contributed by atoms with Gasteiger partial charge in [-0.3, -0.25) is 4.79 Å². The number of carbonyl (C=O) groups is 1. The van der Waals surface area contributed by atoms with Crippen LogP contribution in [0.2, 0.25) is 0 Å². The lowest BCUT2D eigenvalue weighted by atomic mass is 10.2. The van der Waals surface area contributed by atoms with E-state index in [1.165, 1.54) is 4.90 Å². The van der Waals surface area contributed by atoms with Crippen molar-refractivity contribution in [3.8, 4) is 0 Å². The Morgan fingerprint density at radius 1 is 1.37 bits per heavy atom. The number of benzene rings is 1. The molecule has 0 N–H and O–H groups in total. The molecule has 0 atom stereocenters. The van der Waals surface area contributed by atoms with E-state index in [4.69, 9.17) is 4.52 Å². The van der Waals surface area contributed by atoms with E-state index in [1.807, 2.05) is 18.4 Å². The van der Waals surface area contributed by atoms with Crippen molar-refractivity contribution in [2.75, 3.05) is 13.3 Å². The highest BCUT2D eigenvalue weighted by atomic mass is 32.2. The number of hydrogen-bond acceptors (Lipinski definition) is 4. The maximum atomic E-state index is 12.1. The summed E-state index contributed by atoms with van der Waals surface area (Å²) in [5, 5.41) is 3.74. The van der Waals surface area contributed by atoms with Gasteiger partial charge in [-0.25, -0.2) is 0 Å². The summed E-state index contributed by atoms with van der Waals surface area (Å²) in [6.45, 7) is 2.32. The van der Waals surface area contributed by atoms with Crippen LogP contribution in [-0.2, 0) is 6.54 Å². The number of hydrogen-bond donors (Lipinski definition) is 0. The van der Waals surface area contributed by atoms with E-state index < -0.39 is 0 Å². The lowest BCUT2D eigenvalue weighted by Gasteiger charge is -2.15. The fourth-order valence-electron chi connectivity index (χ4n) is 1.74. The van der Waals surface area contributed by atoms with Gasteiger partial charge >= 0.3 is 0 Å². The second kappa shape index (κ2) is 5.93. The molecule has 0 spiro atoms. The summed E-state index contributed by atoms with van der Waals surface area (Å²) >= 11 is 1.70. The van der Waals surface area contributed by atoms with Gasteiger partial charge in [0.1, 0.15) is 5.76 Å². The molecular weight excluding hydrogens is 260 g/mol. The SMILES string of the molecule is CSc1ccc(CN(C)C(=O)c2cc(C)on2)cc1. The first-order valence-electron chi connectivity index (χ1n) is 5.92. The van der Waals surface area contributed by atoms with E-state index in [9.17, 15) is 4.79 Å². The molecule has 1 aromatic heterocycles. The van der Waals surface area contributed by atoms with Gasteiger partial charge in [-0.2, -0.15) is 0 Å². The Kier molecular flexibility index (Phi) is 4.27. The molecule has 100 valence electrons. The van der Waals surface area contributed by atoms with E-state index >= 15 is 0 Å². The molecule has 0 aliphatic rings. The summed E-state index contributed by atoms with van der Waals surface area (Å²) in [4.78, 5) is 14.9. The summed E-state index contributed by atoms with van der Waals surface area (Å²) in [6, 6.07) is 9.82. The average molecular weight is 276 g/mol. The van der Waals surface area contributed by atoms with Gasteiger partial charge in [0.25, 0.3) is 5.91 Å². The van der Waals surface area contributed by atoms with Gasteiger partial charge in [0.15, 0.2) is 5.69 Å². The van der Waals surface area contributed by atoms with Crippen LogP contribution in [0.25, 0.3) is 0 Å². The highest BCUT2D eigenvalue weighted by Gasteiger charge is 2.15. The second-order valence-electron chi connectivity index (χ2n) is 4.33. The molecule has 0 aliphatic carbocycles. The summed E-state index contributed by atoms with van der Waals surface area (Å²) in [6.07, 6.45) is 2.04. The normalized spacial score (nSPS) is 10.5. The van der Waals surface area contributed by atoms with Crippen LogP contribution in [0, 0.1) is 6.92 Å². The molecule has 4 nitrogen and oxygen atoms in total. The van der Waals surface area contributed by atoms with Gasteiger partial charge in [-0.15, -0.1) is 11.8 Å². The molecule has 5 heteroatoms. The first-order valence-corrected chi connectivity index (χ1v) is 7.14. The minimum Gasteiger partial charge on any atom is -0.361 e. The Morgan fingerprint density at radius 3 is 2.58 bits per heavy atom. The zero-order valence-electron chi connectivity index (χ0n) is 11.2. The van der Waals surface area contributed by atoms with E-state index in [1.54, 1.807) is 36.7 Å². The standard InChI is InChI=1S/C14H16N2O2S/c1-10-8-13(15-18-10)14(17)16(2)9-11-4-6-12(19-3)7-5-11/h4-8H,9H2,1-3H3. The maximum absolute atomic E-state index is 12.1. The molecule has 0 fully saturated rings. The molecule has 1 heterocycles. The largest absolute Gasteiger partial charge is 0.361 e. The second-order valence-corrected chi connectivity index (χ2v) is 5.21. The Hall–Kier alpha value is -1.75. The van der Waals surface area contributed by atoms with Crippen molar-refractivity contribution in [1.82, 2.24) is 10.1 Å². The van der Waals surface area contributed by atoms with Crippen LogP contribution in [0.4, 0.5) is 0 Å². The fourth-order valence-corrected chi connectivity index (χ4v) is 2.15. The monoisotopic (exact) mass is 276 g/mol. The van der Waals surface area contributed by atoms with E-state index in [-0.39, 0.29) is 5.91 Å². The number of aromatic nitrogens is 1. The molecule has 0 bridgehead atoms. The van der Waals surface area contributed by atoms with E-state index in [0.717, 1.165) is 5.56 Å². The predicted octanol–water partition coefficient (Wildman–Crippen LogP) is 2.98. The molecule has 0 radical (unpaired) electrons. The number of carbonyl (C=O) groups excluding carboxylic acids is 1. The number of amides is 1. The predicted molar refractivity (Wildman–Crippen MR) is 75.3 cm³/mol. The lowest BCUT2D eigenvalue weighted by molar-refractivity contribution is 0.0774. The Morgan fingerprint density at radius 2 is 2.05 bits per heavy atom. The molecule has 0 saturated heterocycles. The van der Waals surface area contributed by atoms with Crippen molar-refractivity contribution in [2.45, 2.75) is 18.4 Å². The highest BCUT2D eigenvalue weighted by Crippen LogP contribution is 2.16. The van der Waals surface area contributed by atoms with Crippen LogP contribution in [0.1, 0.15) is 21.8 Å². The van der Waals surface area contributed by atoms with E-state index in [2.05, 4.69) is 17.3 Å². The fraction of sp³-hybridized carbons (Fsp3) is 0.286. The number of nitrogens with zero attached hydrogens (tertiary/aromatic N) is 2. The number of aryl methyl sites for hydroxylation is 1. The third-order valence-electron chi connectivity index (χ3n) is 2.77. The third kappa shape index (κ3) is 3.38. The van der Waals surface area contributed by atoms with Crippen LogP contribution in [-0.4, -0.2) is 29.3 Å². The topological polar surface area (TPSA) is 46.3 Å². The molecule has 0 unspecified atom stereocenters. The van der Waals surface area contributed by atoms with Crippen LogP contribution in [0.15, 0.2) is 39.8 Å². The van der Waals surface area contributed by atoms with Crippen LogP contribution in [0.5, 0.6) is 0 Å².